The standard InChI is InChI=1S/C25H24ClN5O2/c26-18-8-6-17(7-9-18)22(30-12-14-31(15-13-30)25-27-10-3-11-28-25)24(33)23(32)20-16-29-21-5-2-1-4-19(20)21/h1-11,16,22,24,29,33H,12-15H2/t22-,24+/m0/s1. The van der Waals surface area contributed by atoms with Gasteiger partial charge in [-0.2, -0.15) is 0 Å². The molecule has 2 atom stereocenters. The number of aromatic nitrogens is 3. The fourth-order valence-electron chi connectivity index (χ4n) is 4.49. The van der Waals surface area contributed by atoms with Gasteiger partial charge in [0.15, 0.2) is 5.78 Å². The van der Waals surface area contributed by atoms with E-state index in [9.17, 15) is 9.90 Å². The topological polar surface area (TPSA) is 85.4 Å². The molecular weight excluding hydrogens is 438 g/mol. The van der Waals surface area contributed by atoms with Crippen LogP contribution < -0.4 is 4.90 Å². The van der Waals surface area contributed by atoms with Gasteiger partial charge in [-0.25, -0.2) is 9.97 Å². The number of carbonyl (C=O) groups excluding carboxylic acids is 1. The first-order chi connectivity index (χ1) is 16.1. The molecule has 0 amide bonds. The second-order valence-corrected chi connectivity index (χ2v) is 8.56. The molecule has 1 fully saturated rings. The minimum Gasteiger partial charge on any atom is -0.383 e. The molecule has 2 aromatic heterocycles. The first-order valence-electron chi connectivity index (χ1n) is 10.9. The largest absolute Gasteiger partial charge is 0.383 e. The number of nitrogens with one attached hydrogen (secondary N) is 1. The number of hydrogen-bond donors (Lipinski definition) is 2. The first kappa shape index (κ1) is 21.6. The maximum atomic E-state index is 13.5. The van der Waals surface area contributed by atoms with Crippen LogP contribution in [0.2, 0.25) is 5.02 Å². The summed E-state index contributed by atoms with van der Waals surface area (Å²) in [6.07, 6.45) is 3.91. The van der Waals surface area contributed by atoms with Crippen LogP contribution in [0.3, 0.4) is 0 Å². The van der Waals surface area contributed by atoms with Gasteiger partial charge in [0.1, 0.15) is 6.10 Å². The Morgan fingerprint density at radius 2 is 1.67 bits per heavy atom. The molecule has 4 aromatic rings. The number of rotatable bonds is 6. The van der Waals surface area contributed by atoms with E-state index in [0.717, 1.165) is 16.5 Å². The summed E-state index contributed by atoms with van der Waals surface area (Å²) in [6, 6.07) is 16.3. The van der Waals surface area contributed by atoms with Gasteiger partial charge in [0.05, 0.1) is 6.04 Å². The highest BCUT2D eigenvalue weighted by Gasteiger charge is 2.36. The third-order valence-corrected chi connectivity index (χ3v) is 6.43. The van der Waals surface area contributed by atoms with Gasteiger partial charge in [0.2, 0.25) is 5.95 Å². The first-order valence-corrected chi connectivity index (χ1v) is 11.3. The van der Waals surface area contributed by atoms with Crippen molar-refractivity contribution < 1.29 is 9.90 Å². The van der Waals surface area contributed by atoms with Crippen LogP contribution in [-0.4, -0.2) is 63.0 Å². The van der Waals surface area contributed by atoms with Crippen molar-refractivity contribution in [1.29, 1.82) is 0 Å². The van der Waals surface area contributed by atoms with Crippen molar-refractivity contribution in [3.63, 3.8) is 0 Å². The van der Waals surface area contributed by atoms with E-state index >= 15 is 0 Å². The lowest BCUT2D eigenvalue weighted by Crippen LogP contribution is -2.51. The Balaban J connectivity index is 1.42. The summed E-state index contributed by atoms with van der Waals surface area (Å²) in [4.78, 5) is 29.6. The zero-order valence-electron chi connectivity index (χ0n) is 17.9. The van der Waals surface area contributed by atoms with Crippen LogP contribution in [0.4, 0.5) is 5.95 Å². The van der Waals surface area contributed by atoms with E-state index in [0.29, 0.717) is 42.7 Å². The number of para-hydroxylation sites is 1. The van der Waals surface area contributed by atoms with E-state index in [1.54, 1.807) is 36.8 Å². The fourth-order valence-corrected chi connectivity index (χ4v) is 4.61. The van der Waals surface area contributed by atoms with Crippen LogP contribution >= 0.6 is 11.6 Å². The Kier molecular flexibility index (Phi) is 6.09. The zero-order chi connectivity index (χ0) is 22.8. The predicted molar refractivity (Wildman–Crippen MR) is 129 cm³/mol. The van der Waals surface area contributed by atoms with E-state index in [-0.39, 0.29) is 5.78 Å². The van der Waals surface area contributed by atoms with Crippen LogP contribution in [0.25, 0.3) is 10.9 Å². The average molecular weight is 462 g/mol. The van der Waals surface area contributed by atoms with Crippen LogP contribution in [0.5, 0.6) is 0 Å². The molecule has 3 heterocycles. The molecule has 2 aromatic carbocycles. The van der Waals surface area contributed by atoms with Crippen molar-refractivity contribution in [2.24, 2.45) is 0 Å². The summed E-state index contributed by atoms with van der Waals surface area (Å²) in [6.45, 7) is 2.71. The van der Waals surface area contributed by atoms with Gasteiger partial charge in [-0.15, -0.1) is 0 Å². The van der Waals surface area contributed by atoms with Crippen molar-refractivity contribution in [1.82, 2.24) is 19.9 Å². The number of aromatic amines is 1. The van der Waals surface area contributed by atoms with Crippen molar-refractivity contribution in [3.05, 3.63) is 89.3 Å². The van der Waals surface area contributed by atoms with E-state index < -0.39 is 12.1 Å². The van der Waals surface area contributed by atoms with Gasteiger partial charge < -0.3 is 15.0 Å². The molecule has 168 valence electrons. The number of piperazine rings is 1. The monoisotopic (exact) mass is 461 g/mol. The fraction of sp³-hybridized carbons (Fsp3) is 0.240. The van der Waals surface area contributed by atoms with Crippen molar-refractivity contribution >= 4 is 34.2 Å². The van der Waals surface area contributed by atoms with Gasteiger partial charge in [-0.3, -0.25) is 9.69 Å². The quantitative estimate of drug-likeness (QED) is 0.426. The lowest BCUT2D eigenvalue weighted by molar-refractivity contribution is 0.0365. The highest BCUT2D eigenvalue weighted by atomic mass is 35.5. The van der Waals surface area contributed by atoms with Gasteiger partial charge in [-0.1, -0.05) is 41.9 Å². The molecule has 5 rings (SSSR count). The highest BCUT2D eigenvalue weighted by molar-refractivity contribution is 6.30. The summed E-state index contributed by atoms with van der Waals surface area (Å²) < 4.78 is 0. The van der Waals surface area contributed by atoms with E-state index in [2.05, 4.69) is 24.8 Å². The molecule has 0 spiro atoms. The van der Waals surface area contributed by atoms with Crippen molar-refractivity contribution in [2.45, 2.75) is 12.1 Å². The molecule has 1 saturated heterocycles. The van der Waals surface area contributed by atoms with Gasteiger partial charge >= 0.3 is 0 Å². The third-order valence-electron chi connectivity index (χ3n) is 6.18. The molecular formula is C25H24ClN5O2. The van der Waals surface area contributed by atoms with Gasteiger partial charge in [0, 0.05) is 66.3 Å². The number of aliphatic hydroxyl groups is 1. The van der Waals surface area contributed by atoms with E-state index in [1.807, 2.05) is 36.4 Å². The minimum atomic E-state index is -1.23. The smallest absolute Gasteiger partial charge is 0.225 e. The molecule has 0 aliphatic carbocycles. The van der Waals surface area contributed by atoms with Crippen molar-refractivity contribution in [2.75, 3.05) is 31.1 Å². The predicted octanol–water partition coefficient (Wildman–Crippen LogP) is 3.72. The number of nitrogens with zero attached hydrogens (tertiary/aromatic N) is 4. The summed E-state index contributed by atoms with van der Waals surface area (Å²) in [5.41, 5.74) is 2.21. The molecule has 2 N–H and O–H groups in total. The Labute approximate surface area is 196 Å². The Morgan fingerprint density at radius 3 is 2.39 bits per heavy atom. The Bertz CT molecular complexity index is 1240. The maximum absolute atomic E-state index is 13.5. The molecule has 0 bridgehead atoms. The number of hydrogen-bond acceptors (Lipinski definition) is 6. The molecule has 33 heavy (non-hydrogen) atoms. The van der Waals surface area contributed by atoms with E-state index in [1.165, 1.54) is 0 Å². The summed E-state index contributed by atoms with van der Waals surface area (Å²) in [7, 11) is 0. The van der Waals surface area contributed by atoms with Crippen LogP contribution in [0.15, 0.2) is 73.2 Å². The number of Topliss-reactive ketones (excluding diaryl/α,β-unsaturated/α-hetero) is 1. The zero-order valence-corrected chi connectivity index (χ0v) is 18.7. The summed E-state index contributed by atoms with van der Waals surface area (Å²) >= 11 is 6.11. The molecule has 0 unspecified atom stereocenters. The number of carbonyl (C=O) groups is 1. The summed E-state index contributed by atoms with van der Waals surface area (Å²) in [5, 5.41) is 12.8. The third kappa shape index (κ3) is 4.35. The normalized spacial score (nSPS) is 16.6. The second kappa shape index (κ2) is 9.31. The van der Waals surface area contributed by atoms with Crippen LogP contribution in [0.1, 0.15) is 22.0 Å². The number of benzene rings is 2. The second-order valence-electron chi connectivity index (χ2n) is 8.13. The number of anilines is 1. The van der Waals surface area contributed by atoms with Crippen molar-refractivity contribution in [3.8, 4) is 0 Å². The molecule has 8 heteroatoms. The van der Waals surface area contributed by atoms with Crippen LogP contribution in [-0.2, 0) is 0 Å². The number of ketones is 1. The maximum Gasteiger partial charge on any atom is 0.225 e. The molecule has 0 saturated carbocycles. The molecule has 7 nitrogen and oxygen atoms in total. The number of halogens is 1. The number of fused-ring (bicyclic) bond motifs is 1. The average Bonchev–Trinajstić information content (AvgIpc) is 3.30. The lowest BCUT2D eigenvalue weighted by atomic mass is 9.93. The molecule has 1 aliphatic heterocycles. The number of H-pyrrole nitrogens is 1. The SMILES string of the molecule is O=C(c1c[nH]c2ccccc12)[C@H](O)[C@H](c1ccc(Cl)cc1)N1CCN(c2ncccn2)CC1. The van der Waals surface area contributed by atoms with E-state index in [4.69, 9.17) is 11.6 Å². The molecule has 1 aliphatic rings. The highest BCUT2D eigenvalue weighted by Crippen LogP contribution is 2.31. The molecule has 0 radical (unpaired) electrons. The lowest BCUT2D eigenvalue weighted by Gasteiger charge is -2.40. The Hall–Kier alpha value is -3.26. The Morgan fingerprint density at radius 1 is 0.970 bits per heavy atom. The van der Waals surface area contributed by atoms with Crippen LogP contribution in [0, 0.1) is 0 Å². The van der Waals surface area contributed by atoms with Gasteiger partial charge in [0.25, 0.3) is 0 Å². The minimum absolute atomic E-state index is 0.304. The number of aliphatic hydroxyl groups excluding tert-OH is 1. The van der Waals surface area contributed by atoms with Gasteiger partial charge in [-0.05, 0) is 29.8 Å². The summed E-state index contributed by atoms with van der Waals surface area (Å²) in [5.74, 6) is 0.386.